The first kappa shape index (κ1) is 11.7. The molecule has 0 bridgehead atoms. The molecule has 0 spiro atoms. The average Bonchev–Trinajstić information content (AvgIpc) is 2.13. The summed E-state index contributed by atoms with van der Waals surface area (Å²) in [7, 11) is 3.18. The van der Waals surface area contributed by atoms with Crippen molar-refractivity contribution in [3.8, 4) is 0 Å². The van der Waals surface area contributed by atoms with Crippen LogP contribution in [0.2, 0.25) is 0 Å². The van der Waals surface area contributed by atoms with Crippen molar-refractivity contribution in [3.05, 3.63) is 31.5 Å². The van der Waals surface area contributed by atoms with E-state index in [1.807, 2.05) is 0 Å². The van der Waals surface area contributed by atoms with Gasteiger partial charge in [0.2, 0.25) is 5.91 Å². The van der Waals surface area contributed by atoms with Crippen molar-refractivity contribution >= 4 is 21.8 Å². The Labute approximate surface area is 93.7 Å². The molecular weight excluding hydrogens is 266 g/mol. The van der Waals surface area contributed by atoms with Crippen molar-refractivity contribution in [1.29, 1.82) is 0 Å². The molecule has 0 aliphatic rings. The van der Waals surface area contributed by atoms with Crippen LogP contribution in [0.1, 0.15) is 0 Å². The summed E-state index contributed by atoms with van der Waals surface area (Å²) in [6.07, 6.45) is 1.29. The third-order valence-electron chi connectivity index (χ3n) is 1.77. The van der Waals surface area contributed by atoms with Gasteiger partial charge in [0.05, 0.1) is 4.47 Å². The van der Waals surface area contributed by atoms with Crippen LogP contribution in [-0.2, 0) is 11.3 Å². The minimum atomic E-state index is -0.599. The first-order valence-corrected chi connectivity index (χ1v) is 4.90. The molecular formula is C8H10BrN3O3. The fourth-order valence-corrected chi connectivity index (χ4v) is 1.23. The molecule has 0 aliphatic heterocycles. The minimum Gasteiger partial charge on any atom is -0.347 e. The Morgan fingerprint density at radius 3 is 2.67 bits per heavy atom. The highest BCUT2D eigenvalue weighted by Crippen LogP contribution is 1.98. The zero-order valence-electron chi connectivity index (χ0n) is 8.28. The third-order valence-corrected chi connectivity index (χ3v) is 2.34. The summed E-state index contributed by atoms with van der Waals surface area (Å²) < 4.78 is 1.35. The summed E-state index contributed by atoms with van der Waals surface area (Å²) >= 11 is 2.98. The molecule has 15 heavy (non-hydrogen) atoms. The molecule has 1 rings (SSSR count). The number of aromatic nitrogens is 2. The van der Waals surface area contributed by atoms with Crippen molar-refractivity contribution in [2.24, 2.45) is 0 Å². The standard InChI is InChI=1S/C8H10BrN3O3/c1-11(2)6(13)4-12-3-5(9)7(14)10-8(12)15/h3H,4H2,1-2H3,(H,10,14,15). The summed E-state index contributed by atoms with van der Waals surface area (Å²) in [5.41, 5.74) is -1.10. The molecule has 0 radical (unpaired) electrons. The van der Waals surface area contributed by atoms with Crippen LogP contribution in [0, 0.1) is 0 Å². The number of H-pyrrole nitrogens is 1. The van der Waals surface area contributed by atoms with Crippen LogP contribution in [0.25, 0.3) is 0 Å². The van der Waals surface area contributed by atoms with Crippen LogP contribution in [0.5, 0.6) is 0 Å². The maximum atomic E-state index is 11.3. The summed E-state index contributed by atoms with van der Waals surface area (Å²) in [6, 6.07) is 0. The first-order valence-electron chi connectivity index (χ1n) is 4.11. The molecule has 0 atom stereocenters. The minimum absolute atomic E-state index is 0.0960. The van der Waals surface area contributed by atoms with E-state index in [0.717, 1.165) is 4.57 Å². The fourth-order valence-electron chi connectivity index (χ4n) is 0.887. The van der Waals surface area contributed by atoms with Gasteiger partial charge in [0.25, 0.3) is 5.56 Å². The van der Waals surface area contributed by atoms with Crippen LogP contribution in [-0.4, -0.2) is 34.5 Å². The van der Waals surface area contributed by atoms with Crippen molar-refractivity contribution < 1.29 is 4.79 Å². The number of amides is 1. The van der Waals surface area contributed by atoms with E-state index >= 15 is 0 Å². The average molecular weight is 276 g/mol. The summed E-state index contributed by atoms with van der Waals surface area (Å²) in [5, 5.41) is 0. The Balaban J connectivity index is 3.07. The van der Waals surface area contributed by atoms with E-state index in [-0.39, 0.29) is 16.9 Å². The molecule has 0 unspecified atom stereocenters. The van der Waals surface area contributed by atoms with Crippen LogP contribution >= 0.6 is 15.9 Å². The van der Waals surface area contributed by atoms with Gasteiger partial charge in [-0.1, -0.05) is 0 Å². The van der Waals surface area contributed by atoms with E-state index < -0.39 is 11.2 Å². The Hall–Kier alpha value is -1.37. The molecule has 6 nitrogen and oxygen atoms in total. The van der Waals surface area contributed by atoms with Gasteiger partial charge in [0, 0.05) is 20.3 Å². The van der Waals surface area contributed by atoms with Crippen molar-refractivity contribution in [3.63, 3.8) is 0 Å². The van der Waals surface area contributed by atoms with E-state index in [2.05, 4.69) is 20.9 Å². The number of rotatable bonds is 2. The monoisotopic (exact) mass is 275 g/mol. The van der Waals surface area contributed by atoms with Crippen LogP contribution in [0.3, 0.4) is 0 Å². The molecule has 0 aliphatic carbocycles. The lowest BCUT2D eigenvalue weighted by molar-refractivity contribution is -0.129. The Morgan fingerprint density at radius 2 is 2.13 bits per heavy atom. The third kappa shape index (κ3) is 2.79. The van der Waals surface area contributed by atoms with Crippen LogP contribution in [0.15, 0.2) is 20.3 Å². The predicted octanol–water partition coefficient (Wildman–Crippen LogP) is -0.613. The molecule has 0 saturated carbocycles. The highest BCUT2D eigenvalue weighted by atomic mass is 79.9. The van der Waals surface area contributed by atoms with Crippen molar-refractivity contribution in [2.75, 3.05) is 14.1 Å². The largest absolute Gasteiger partial charge is 0.347 e. The Kier molecular flexibility index (Phi) is 3.46. The molecule has 82 valence electrons. The lowest BCUT2D eigenvalue weighted by Gasteiger charge is -2.11. The summed E-state index contributed by atoms with van der Waals surface area (Å²) in [5.74, 6) is -0.226. The SMILES string of the molecule is CN(C)C(=O)Cn1cc(Br)c(=O)[nH]c1=O. The number of nitrogens with one attached hydrogen (secondary N) is 1. The van der Waals surface area contributed by atoms with Gasteiger partial charge in [-0.25, -0.2) is 4.79 Å². The molecule has 1 heterocycles. The number of aromatic amines is 1. The molecule has 0 saturated heterocycles. The number of likely N-dealkylation sites (N-methyl/N-ethyl adjacent to an activating group) is 1. The van der Waals surface area contributed by atoms with Gasteiger partial charge < -0.3 is 4.90 Å². The zero-order chi connectivity index (χ0) is 11.6. The number of halogens is 1. The van der Waals surface area contributed by atoms with Gasteiger partial charge in [-0.3, -0.25) is 19.1 Å². The molecule has 7 heteroatoms. The summed E-state index contributed by atoms with van der Waals surface area (Å²) in [6.45, 7) is -0.0960. The molecule has 0 fully saturated rings. The lowest BCUT2D eigenvalue weighted by Crippen LogP contribution is -2.35. The van der Waals surface area contributed by atoms with Crippen molar-refractivity contribution in [1.82, 2.24) is 14.5 Å². The molecule has 1 aromatic rings. The van der Waals surface area contributed by atoms with Gasteiger partial charge in [0.1, 0.15) is 6.54 Å². The van der Waals surface area contributed by atoms with E-state index in [1.165, 1.54) is 11.1 Å². The van der Waals surface area contributed by atoms with Crippen LogP contribution < -0.4 is 11.2 Å². The van der Waals surface area contributed by atoms with E-state index in [4.69, 9.17) is 0 Å². The molecule has 1 N–H and O–H groups in total. The van der Waals surface area contributed by atoms with E-state index in [0.29, 0.717) is 0 Å². The maximum absolute atomic E-state index is 11.3. The highest BCUT2D eigenvalue weighted by Gasteiger charge is 2.08. The van der Waals surface area contributed by atoms with Gasteiger partial charge in [0.15, 0.2) is 0 Å². The smallest absolute Gasteiger partial charge is 0.328 e. The fraction of sp³-hybridized carbons (Fsp3) is 0.375. The van der Waals surface area contributed by atoms with Crippen LogP contribution in [0.4, 0.5) is 0 Å². The predicted molar refractivity (Wildman–Crippen MR) is 57.7 cm³/mol. The van der Waals surface area contributed by atoms with E-state index in [9.17, 15) is 14.4 Å². The highest BCUT2D eigenvalue weighted by molar-refractivity contribution is 9.10. The number of nitrogens with zero attached hydrogens (tertiary/aromatic N) is 2. The van der Waals surface area contributed by atoms with Crippen molar-refractivity contribution in [2.45, 2.75) is 6.54 Å². The second-order valence-corrected chi connectivity index (χ2v) is 4.01. The summed E-state index contributed by atoms with van der Waals surface area (Å²) in [4.78, 5) is 37.0. The number of hydrogen-bond donors (Lipinski definition) is 1. The lowest BCUT2D eigenvalue weighted by atomic mass is 10.5. The molecule has 0 aromatic carbocycles. The van der Waals surface area contributed by atoms with Gasteiger partial charge >= 0.3 is 5.69 Å². The quantitative estimate of drug-likeness (QED) is 0.782. The zero-order valence-corrected chi connectivity index (χ0v) is 9.87. The second kappa shape index (κ2) is 4.43. The number of carbonyl (C=O) groups excluding carboxylic acids is 1. The van der Waals surface area contributed by atoms with Gasteiger partial charge in [-0.2, -0.15) is 0 Å². The van der Waals surface area contributed by atoms with Gasteiger partial charge in [-0.15, -0.1) is 0 Å². The normalized spacial score (nSPS) is 10.1. The number of hydrogen-bond acceptors (Lipinski definition) is 3. The maximum Gasteiger partial charge on any atom is 0.328 e. The molecule has 1 amide bonds. The Bertz CT molecular complexity index is 489. The topological polar surface area (TPSA) is 75.2 Å². The van der Waals surface area contributed by atoms with Gasteiger partial charge in [-0.05, 0) is 15.9 Å². The first-order chi connectivity index (χ1) is 6.91. The Morgan fingerprint density at radius 1 is 1.53 bits per heavy atom. The second-order valence-electron chi connectivity index (χ2n) is 3.15. The van der Waals surface area contributed by atoms with E-state index in [1.54, 1.807) is 14.1 Å². The number of carbonyl (C=O) groups is 1. The molecule has 1 aromatic heterocycles.